The van der Waals surface area contributed by atoms with Crippen LogP contribution in [0.1, 0.15) is 60.8 Å². The van der Waals surface area contributed by atoms with E-state index in [0.717, 1.165) is 12.2 Å². The molecule has 0 fully saturated rings. The van der Waals surface area contributed by atoms with E-state index in [1.807, 2.05) is 0 Å². The van der Waals surface area contributed by atoms with Crippen LogP contribution in [-0.2, 0) is 12.2 Å². The Morgan fingerprint density at radius 2 is 1.26 bits per heavy atom. The number of nitrogens with zero attached hydrogens (tertiary/aromatic N) is 1. The summed E-state index contributed by atoms with van der Waals surface area (Å²) in [6.45, 7) is 9.24. The second-order valence-electron chi connectivity index (χ2n) is 15.3. The molecule has 2 unspecified atom stereocenters. The highest BCUT2D eigenvalue weighted by Gasteiger charge is 2.44. The fourth-order valence-electron chi connectivity index (χ4n) is 9.31. The van der Waals surface area contributed by atoms with E-state index in [-0.39, 0.29) is 5.25 Å². The van der Waals surface area contributed by atoms with E-state index in [2.05, 4.69) is 209 Å². The average Bonchev–Trinajstić information content (AvgIpc) is 3.73. The average molecular weight is 718 g/mol. The Morgan fingerprint density at radius 3 is 2.02 bits per heavy atom. The molecule has 7 aromatic rings. The zero-order valence-corrected chi connectivity index (χ0v) is 32.5. The van der Waals surface area contributed by atoms with Gasteiger partial charge in [-0.25, -0.2) is 0 Å². The van der Waals surface area contributed by atoms with E-state index < -0.39 is 10.0 Å². The molecular weight excluding hydrogens is 671 g/mol. The summed E-state index contributed by atoms with van der Waals surface area (Å²) in [6, 6.07) is 62.0. The smallest absolute Gasteiger partial charge is 0.0490 e. The molecule has 0 amide bonds. The quantitative estimate of drug-likeness (QED) is 0.151. The van der Waals surface area contributed by atoms with Crippen molar-refractivity contribution in [2.45, 2.75) is 61.0 Å². The normalized spacial score (nSPS) is 16.5. The molecule has 1 nitrogen and oxygen atoms in total. The van der Waals surface area contributed by atoms with E-state index in [0.29, 0.717) is 6.04 Å². The summed E-state index contributed by atoms with van der Waals surface area (Å²) in [5.74, 6) is 0.918. The third-order valence-electron chi connectivity index (χ3n) is 11.5. The van der Waals surface area contributed by atoms with Crippen LogP contribution in [0.5, 0.6) is 0 Å². The van der Waals surface area contributed by atoms with Crippen LogP contribution in [0.15, 0.2) is 185 Å². The van der Waals surface area contributed by atoms with Crippen molar-refractivity contribution in [1.29, 1.82) is 0 Å². The van der Waals surface area contributed by atoms with Crippen LogP contribution in [0.25, 0.3) is 34.1 Å². The minimum absolute atomic E-state index is 0.200. The second-order valence-corrected chi connectivity index (χ2v) is 18.6. The number of hydrogen-bond acceptors (Lipinski definition) is 1. The van der Waals surface area contributed by atoms with Crippen LogP contribution < -0.4 is 4.90 Å². The standard InChI is InChI=1S/C52H47NS/c1-36(2)32-48-41(21-16-28-46(48)45-27-15-20-39-18-11-13-26-44(39)45)35-54(42-22-7-5-8-23-42,43-24-9-6-10-25-43)52-37(3)33-49-47(52)29-17-31-51(49)53-38(4)34-40-19-12-14-30-50(40)53/h5-33,38,52H,34-35H2,1-4H3. The molecule has 266 valence electrons. The first-order valence-electron chi connectivity index (χ1n) is 19.3. The van der Waals surface area contributed by atoms with Crippen molar-refractivity contribution in [3.63, 3.8) is 0 Å². The molecule has 0 bridgehead atoms. The number of hydrogen-bond donors (Lipinski definition) is 0. The van der Waals surface area contributed by atoms with Gasteiger partial charge < -0.3 is 4.90 Å². The Kier molecular flexibility index (Phi) is 8.88. The Bertz CT molecular complexity index is 2510. The topological polar surface area (TPSA) is 3.24 Å². The Morgan fingerprint density at radius 1 is 0.648 bits per heavy atom. The highest BCUT2D eigenvalue weighted by Crippen LogP contribution is 2.77. The van der Waals surface area contributed by atoms with Gasteiger partial charge in [-0.05, 0) is 124 Å². The third-order valence-corrected chi connectivity index (χ3v) is 15.9. The first-order chi connectivity index (χ1) is 26.4. The SMILES string of the molecule is CC(C)=Cc1c(CS(c2ccccc2)(c2ccccc2)C2C(C)=Cc3c2cccc3N2c3ccccc3CC2C)cccc1-c1cccc2ccccc12. The molecule has 0 N–H and O–H groups in total. The second kappa shape index (κ2) is 14.0. The van der Waals surface area contributed by atoms with Crippen LogP contribution >= 0.6 is 10.0 Å². The molecule has 7 aromatic carbocycles. The van der Waals surface area contributed by atoms with Gasteiger partial charge in [0.1, 0.15) is 0 Å². The molecule has 1 aliphatic carbocycles. The monoisotopic (exact) mass is 717 g/mol. The fourth-order valence-corrected chi connectivity index (χ4v) is 14.0. The summed E-state index contributed by atoms with van der Waals surface area (Å²) in [5, 5.41) is 2.76. The van der Waals surface area contributed by atoms with Gasteiger partial charge in [-0.1, -0.05) is 151 Å². The number of para-hydroxylation sites is 1. The van der Waals surface area contributed by atoms with Gasteiger partial charge in [0, 0.05) is 34.0 Å². The minimum atomic E-state index is -1.78. The van der Waals surface area contributed by atoms with Crippen molar-refractivity contribution in [2.24, 2.45) is 0 Å². The van der Waals surface area contributed by atoms with Gasteiger partial charge in [-0.2, -0.15) is 10.0 Å². The predicted molar refractivity (Wildman–Crippen MR) is 234 cm³/mol. The molecule has 1 aliphatic heterocycles. The van der Waals surface area contributed by atoms with Crippen molar-refractivity contribution >= 4 is 44.3 Å². The van der Waals surface area contributed by atoms with E-state index in [9.17, 15) is 0 Å². The highest BCUT2D eigenvalue weighted by atomic mass is 32.3. The number of allylic oxidation sites excluding steroid dienone is 1. The Balaban J connectivity index is 1.30. The molecule has 1 heterocycles. The van der Waals surface area contributed by atoms with E-state index in [4.69, 9.17) is 0 Å². The summed E-state index contributed by atoms with van der Waals surface area (Å²) in [4.78, 5) is 5.44. The van der Waals surface area contributed by atoms with Crippen LogP contribution in [0.3, 0.4) is 0 Å². The fraction of sp³-hybridized carbons (Fsp3) is 0.154. The summed E-state index contributed by atoms with van der Waals surface area (Å²) >= 11 is 0. The Labute approximate surface area is 322 Å². The zero-order valence-electron chi connectivity index (χ0n) is 31.7. The number of rotatable bonds is 8. The van der Waals surface area contributed by atoms with Crippen molar-refractivity contribution in [1.82, 2.24) is 0 Å². The van der Waals surface area contributed by atoms with Gasteiger partial charge in [0.15, 0.2) is 0 Å². The van der Waals surface area contributed by atoms with Crippen molar-refractivity contribution in [3.05, 3.63) is 203 Å². The predicted octanol–water partition coefficient (Wildman–Crippen LogP) is 14.6. The lowest BCUT2D eigenvalue weighted by atomic mass is 9.91. The van der Waals surface area contributed by atoms with Crippen LogP contribution in [0, 0.1) is 0 Å². The maximum Gasteiger partial charge on any atom is 0.0490 e. The molecule has 0 aromatic heterocycles. The maximum atomic E-state index is 2.60. The minimum Gasteiger partial charge on any atom is -0.338 e. The maximum absolute atomic E-state index is 2.60. The van der Waals surface area contributed by atoms with Gasteiger partial charge in [0.05, 0.1) is 0 Å². The zero-order chi connectivity index (χ0) is 36.8. The lowest BCUT2D eigenvalue weighted by Crippen LogP contribution is -2.25. The van der Waals surface area contributed by atoms with Crippen molar-refractivity contribution in [2.75, 3.05) is 4.90 Å². The number of benzene rings is 7. The van der Waals surface area contributed by atoms with Gasteiger partial charge in [-0.15, -0.1) is 0 Å². The van der Waals surface area contributed by atoms with Gasteiger partial charge >= 0.3 is 0 Å². The van der Waals surface area contributed by atoms with E-state index >= 15 is 0 Å². The molecule has 2 aliphatic rings. The number of fused-ring (bicyclic) bond motifs is 3. The summed E-state index contributed by atoms with van der Waals surface area (Å²) < 4.78 is 0. The van der Waals surface area contributed by atoms with Crippen molar-refractivity contribution in [3.8, 4) is 11.1 Å². The number of anilines is 2. The molecular formula is C52H47NS. The highest BCUT2D eigenvalue weighted by molar-refractivity contribution is 8.33. The van der Waals surface area contributed by atoms with Gasteiger partial charge in [0.25, 0.3) is 0 Å². The summed E-state index contributed by atoms with van der Waals surface area (Å²) in [6.07, 6.45) is 6.03. The largest absolute Gasteiger partial charge is 0.338 e. The molecule has 0 radical (unpaired) electrons. The lowest BCUT2D eigenvalue weighted by molar-refractivity contribution is 0.758. The summed E-state index contributed by atoms with van der Waals surface area (Å²) in [7, 11) is -1.78. The molecule has 0 saturated heterocycles. The first-order valence-corrected chi connectivity index (χ1v) is 21.1. The molecule has 2 heteroatoms. The molecule has 0 saturated carbocycles. The summed E-state index contributed by atoms with van der Waals surface area (Å²) in [5.41, 5.74) is 15.0. The van der Waals surface area contributed by atoms with Gasteiger partial charge in [0.2, 0.25) is 0 Å². The van der Waals surface area contributed by atoms with Crippen LogP contribution in [0.2, 0.25) is 0 Å². The van der Waals surface area contributed by atoms with E-state index in [1.54, 1.807) is 0 Å². The van der Waals surface area contributed by atoms with E-state index in [1.165, 1.54) is 82.0 Å². The van der Waals surface area contributed by atoms with Crippen LogP contribution in [-0.4, -0.2) is 6.04 Å². The third kappa shape index (κ3) is 5.72. The first kappa shape index (κ1) is 34.2. The molecule has 2 atom stereocenters. The molecule has 54 heavy (non-hydrogen) atoms. The van der Waals surface area contributed by atoms with Gasteiger partial charge in [-0.3, -0.25) is 0 Å². The molecule has 0 spiro atoms. The van der Waals surface area contributed by atoms with Crippen LogP contribution in [0.4, 0.5) is 11.4 Å². The Hall–Kier alpha value is -5.57. The lowest BCUT2D eigenvalue weighted by Gasteiger charge is -2.48. The molecule has 9 rings (SSSR count). The van der Waals surface area contributed by atoms with Crippen molar-refractivity contribution < 1.29 is 0 Å².